The van der Waals surface area contributed by atoms with Crippen molar-refractivity contribution in [2.75, 3.05) is 13.7 Å². The number of hydrogen-bond donors (Lipinski definition) is 3. The van der Waals surface area contributed by atoms with Gasteiger partial charge < -0.3 is 29.7 Å². The summed E-state index contributed by atoms with van der Waals surface area (Å²) in [5.41, 5.74) is -1.54. The molecule has 2 aromatic rings. The zero-order valence-electron chi connectivity index (χ0n) is 31.9. The fourth-order valence-electron chi connectivity index (χ4n) is 9.18. The van der Waals surface area contributed by atoms with E-state index in [9.17, 15) is 32.0 Å². The van der Waals surface area contributed by atoms with Crippen LogP contribution in [0.3, 0.4) is 0 Å². The molecule has 3 N–H and O–H groups in total. The molecule has 302 valence electrons. The molecule has 1 saturated heterocycles. The summed E-state index contributed by atoms with van der Waals surface area (Å²) in [6.07, 6.45) is 9.43. The molecule has 1 aromatic heterocycles. The highest BCUT2D eigenvalue weighted by Crippen LogP contribution is 2.52. The Morgan fingerprint density at radius 3 is 2.52 bits per heavy atom. The normalized spacial score (nSPS) is 34.8. The Labute approximate surface area is 325 Å². The summed E-state index contributed by atoms with van der Waals surface area (Å²) < 4.78 is 60.3. The van der Waals surface area contributed by atoms with E-state index in [4.69, 9.17) is 14.2 Å². The van der Waals surface area contributed by atoms with Crippen LogP contribution in [0.15, 0.2) is 36.5 Å². The maximum absolute atomic E-state index is 14.8. The van der Waals surface area contributed by atoms with Crippen LogP contribution < -0.4 is 24.8 Å². The van der Waals surface area contributed by atoms with E-state index in [0.717, 1.165) is 25.7 Å². The SMILES string of the molecule is COc1cc(F)cc2c(O[C@@H]3C[C@H]4C(=O)N[C@]5(C(=O)NS(=O)(=O)C6CC6)CC5/C=C\CC[C@H](C)C[C@@H](C)[C@H](NC(=O)O[C@@H]5C[C@@H]6C[C@@H]6C5)C(=O)N4C3)nccc12. The van der Waals surface area contributed by atoms with Crippen molar-refractivity contribution in [1.82, 2.24) is 25.2 Å². The maximum Gasteiger partial charge on any atom is 0.408 e. The first-order valence-electron chi connectivity index (χ1n) is 19.9. The lowest BCUT2D eigenvalue weighted by Crippen LogP contribution is -2.59. The predicted octanol–water partition coefficient (Wildman–Crippen LogP) is 4.12. The Morgan fingerprint density at radius 1 is 1.02 bits per heavy atom. The van der Waals surface area contributed by atoms with Gasteiger partial charge in [0, 0.05) is 30.0 Å². The topological polar surface area (TPSA) is 182 Å². The highest BCUT2D eigenvalue weighted by Gasteiger charge is 2.62. The van der Waals surface area contributed by atoms with Crippen molar-refractivity contribution in [3.05, 3.63) is 42.4 Å². The number of alkyl carbamates (subject to hydrolysis) is 1. The molecule has 10 atom stereocenters. The lowest BCUT2D eigenvalue weighted by Gasteiger charge is -2.33. The molecule has 0 spiro atoms. The van der Waals surface area contributed by atoms with Crippen LogP contribution in [0.4, 0.5) is 9.18 Å². The van der Waals surface area contributed by atoms with Crippen LogP contribution >= 0.6 is 0 Å². The molecule has 6 aliphatic rings. The maximum atomic E-state index is 14.8. The number of sulfonamides is 1. The van der Waals surface area contributed by atoms with Gasteiger partial charge in [-0.1, -0.05) is 26.0 Å². The van der Waals surface area contributed by atoms with Crippen LogP contribution in [0.1, 0.15) is 78.1 Å². The van der Waals surface area contributed by atoms with Gasteiger partial charge in [-0.3, -0.25) is 19.1 Å². The molecule has 1 aromatic carbocycles. The number of fused-ring (bicyclic) bond motifs is 4. The second-order valence-corrected chi connectivity index (χ2v) is 18.9. The molecule has 1 unspecified atom stereocenters. The van der Waals surface area contributed by atoms with Gasteiger partial charge in [-0.2, -0.15) is 0 Å². The van der Waals surface area contributed by atoms with E-state index in [1.54, 1.807) is 6.07 Å². The van der Waals surface area contributed by atoms with E-state index in [-0.39, 0.29) is 49.0 Å². The highest BCUT2D eigenvalue weighted by molar-refractivity contribution is 7.91. The average molecular weight is 796 g/mol. The van der Waals surface area contributed by atoms with E-state index < -0.39 is 74.5 Å². The van der Waals surface area contributed by atoms with Gasteiger partial charge in [0.2, 0.25) is 27.7 Å². The fraction of sp³-hybridized carbons (Fsp3) is 0.625. The molecule has 4 amide bonds. The van der Waals surface area contributed by atoms with Crippen LogP contribution in [0.2, 0.25) is 0 Å². The van der Waals surface area contributed by atoms with Gasteiger partial charge in [0.05, 0.1) is 24.3 Å². The summed E-state index contributed by atoms with van der Waals surface area (Å²) in [6, 6.07) is 1.95. The number of aromatic nitrogens is 1. The number of ether oxygens (including phenoxy) is 3. The minimum absolute atomic E-state index is 0.0343. The molecule has 4 aliphatic carbocycles. The number of amides is 4. The van der Waals surface area contributed by atoms with Crippen LogP contribution in [0.25, 0.3) is 10.8 Å². The number of allylic oxidation sites excluding steroid dienone is 1. The van der Waals surface area contributed by atoms with Gasteiger partial charge >= 0.3 is 6.09 Å². The first kappa shape index (κ1) is 38.4. The number of nitrogens with one attached hydrogen (secondary N) is 3. The molecule has 0 radical (unpaired) electrons. The number of nitrogens with zero attached hydrogens (tertiary/aromatic N) is 2. The average Bonchev–Trinajstić information content (AvgIpc) is 4.11. The molecule has 14 nitrogen and oxygen atoms in total. The smallest absolute Gasteiger partial charge is 0.408 e. The number of rotatable bonds is 8. The Hall–Kier alpha value is -4.47. The highest BCUT2D eigenvalue weighted by atomic mass is 32.2. The first-order valence-corrected chi connectivity index (χ1v) is 21.4. The minimum Gasteiger partial charge on any atom is -0.496 e. The Kier molecular flexibility index (Phi) is 10.1. The zero-order chi connectivity index (χ0) is 39.5. The molecule has 56 heavy (non-hydrogen) atoms. The number of hydrogen-bond acceptors (Lipinski definition) is 10. The minimum atomic E-state index is -3.92. The largest absolute Gasteiger partial charge is 0.496 e. The van der Waals surface area contributed by atoms with Crippen LogP contribution in [0, 0.1) is 35.4 Å². The Bertz CT molecular complexity index is 2050. The van der Waals surface area contributed by atoms with E-state index >= 15 is 0 Å². The molecular weight excluding hydrogens is 746 g/mol. The fourth-order valence-corrected chi connectivity index (χ4v) is 10.5. The zero-order valence-corrected chi connectivity index (χ0v) is 32.7. The molecule has 8 rings (SSSR count). The lowest BCUT2D eigenvalue weighted by atomic mass is 9.88. The van der Waals surface area contributed by atoms with Crippen LogP contribution in [0.5, 0.6) is 11.6 Å². The Balaban J connectivity index is 1.11. The molecule has 4 saturated carbocycles. The van der Waals surface area contributed by atoms with Gasteiger partial charge in [0.25, 0.3) is 5.91 Å². The first-order chi connectivity index (χ1) is 26.7. The van der Waals surface area contributed by atoms with Crippen molar-refractivity contribution in [1.29, 1.82) is 0 Å². The summed E-state index contributed by atoms with van der Waals surface area (Å²) in [5, 5.41) is 5.97. The second-order valence-electron chi connectivity index (χ2n) is 16.9. The number of methoxy groups -OCH3 is 1. The van der Waals surface area contributed by atoms with Gasteiger partial charge in [-0.05, 0) is 93.6 Å². The third kappa shape index (κ3) is 7.77. The number of benzene rings is 1. The van der Waals surface area contributed by atoms with E-state index in [1.807, 2.05) is 19.1 Å². The second kappa shape index (κ2) is 14.8. The quantitative estimate of drug-likeness (QED) is 0.329. The molecule has 5 fully saturated rings. The van der Waals surface area contributed by atoms with Crippen molar-refractivity contribution < 1.29 is 46.2 Å². The standard InChI is InChI=1S/C40H50FN5O9S/c1-21-6-4-5-7-25-19-40(25,38(49)45-56(51,52)29-8-9-29)44-35(47)32-18-28(54-36-31-16-26(41)17-33(53-3)30(31)10-11-42-36)20-46(32)37(48)34(22(2)12-21)43-39(50)55-27-14-23-13-24(23)15-27/h5,7,10-11,16-17,21-25,27-29,32,34H,4,6,8-9,12-15,18-20H2,1-3H3,(H,43,50)(H,44,47)(H,45,49)/b7-5-/t21-,22+,23-,24+,25?,27+,28+,32-,34-,40+/m0/s1. The summed E-state index contributed by atoms with van der Waals surface area (Å²) in [7, 11) is -2.50. The van der Waals surface area contributed by atoms with E-state index in [1.165, 1.54) is 30.3 Å². The van der Waals surface area contributed by atoms with Gasteiger partial charge in [0.1, 0.15) is 41.4 Å². The molecule has 2 aliphatic heterocycles. The molecule has 3 heterocycles. The van der Waals surface area contributed by atoms with Crippen molar-refractivity contribution in [2.45, 2.75) is 113 Å². The number of pyridine rings is 1. The third-order valence-electron chi connectivity index (χ3n) is 12.6. The molecule has 16 heteroatoms. The van der Waals surface area contributed by atoms with Gasteiger partial charge in [0.15, 0.2) is 0 Å². The van der Waals surface area contributed by atoms with Crippen molar-refractivity contribution >= 4 is 44.6 Å². The van der Waals surface area contributed by atoms with Crippen molar-refractivity contribution in [3.8, 4) is 11.6 Å². The van der Waals surface area contributed by atoms with Crippen LogP contribution in [-0.2, 0) is 29.1 Å². The number of halogens is 1. The van der Waals surface area contributed by atoms with Gasteiger partial charge in [-0.25, -0.2) is 22.6 Å². The van der Waals surface area contributed by atoms with Crippen LogP contribution in [-0.4, -0.2) is 90.9 Å². The van der Waals surface area contributed by atoms with Crippen molar-refractivity contribution in [2.24, 2.45) is 29.6 Å². The number of carbonyl (C=O) groups excluding carboxylic acids is 4. The van der Waals surface area contributed by atoms with E-state index in [2.05, 4.69) is 27.3 Å². The van der Waals surface area contributed by atoms with Gasteiger partial charge in [-0.15, -0.1) is 0 Å². The predicted molar refractivity (Wildman–Crippen MR) is 201 cm³/mol. The summed E-state index contributed by atoms with van der Waals surface area (Å²) in [4.78, 5) is 62.3. The molecular formula is C40H50FN5O9S. The third-order valence-corrected chi connectivity index (χ3v) is 14.5. The summed E-state index contributed by atoms with van der Waals surface area (Å²) in [5.74, 6) is -1.72. The Morgan fingerprint density at radius 2 is 1.79 bits per heavy atom. The summed E-state index contributed by atoms with van der Waals surface area (Å²) in [6.45, 7) is 3.88. The van der Waals surface area contributed by atoms with Crippen molar-refractivity contribution in [3.63, 3.8) is 0 Å². The van der Waals surface area contributed by atoms with E-state index in [0.29, 0.717) is 48.3 Å². The monoisotopic (exact) mass is 795 g/mol. The molecule has 0 bridgehead atoms. The lowest BCUT2D eigenvalue weighted by molar-refractivity contribution is -0.142. The number of carbonyl (C=O) groups is 4. The summed E-state index contributed by atoms with van der Waals surface area (Å²) >= 11 is 0.